The summed E-state index contributed by atoms with van der Waals surface area (Å²) in [7, 11) is 1.72. The molecular formula is C16H16BrN5O. The molecule has 0 aliphatic carbocycles. The molecule has 1 N–H and O–H groups in total. The molecule has 1 aromatic carbocycles. The van der Waals surface area contributed by atoms with Gasteiger partial charge in [0.25, 0.3) is 5.91 Å². The van der Waals surface area contributed by atoms with Crippen LogP contribution in [-0.2, 0) is 13.6 Å². The van der Waals surface area contributed by atoms with Crippen molar-refractivity contribution in [3.05, 3.63) is 64.0 Å². The van der Waals surface area contributed by atoms with Gasteiger partial charge in [0.1, 0.15) is 5.69 Å². The second kappa shape index (κ2) is 6.37. The molecule has 7 heteroatoms. The molecule has 3 aromatic rings. The minimum absolute atomic E-state index is 0.252. The number of rotatable bonds is 4. The summed E-state index contributed by atoms with van der Waals surface area (Å²) in [6.07, 6.45) is 3.44. The minimum atomic E-state index is -0.252. The maximum Gasteiger partial charge on any atom is 0.276 e. The van der Waals surface area contributed by atoms with Gasteiger partial charge < -0.3 is 5.32 Å². The average Bonchev–Trinajstić information content (AvgIpc) is 3.08. The van der Waals surface area contributed by atoms with E-state index in [0.717, 1.165) is 0 Å². The van der Waals surface area contributed by atoms with Gasteiger partial charge in [-0.1, -0.05) is 24.3 Å². The van der Waals surface area contributed by atoms with Crippen LogP contribution in [0.1, 0.15) is 21.6 Å². The van der Waals surface area contributed by atoms with E-state index < -0.39 is 0 Å². The number of halogens is 1. The molecule has 0 atom stereocenters. The fourth-order valence-electron chi connectivity index (χ4n) is 2.32. The number of nitrogens with zero attached hydrogens (tertiary/aromatic N) is 4. The lowest BCUT2D eigenvalue weighted by molar-refractivity contribution is 0.101. The normalized spacial score (nSPS) is 10.7. The molecule has 0 aliphatic rings. The summed E-state index contributed by atoms with van der Waals surface area (Å²) in [6.45, 7) is 2.74. The third-order valence-electron chi connectivity index (χ3n) is 3.59. The van der Waals surface area contributed by atoms with Gasteiger partial charge in [0.2, 0.25) is 0 Å². The topological polar surface area (TPSA) is 64.7 Å². The van der Waals surface area contributed by atoms with Crippen LogP contribution >= 0.6 is 15.9 Å². The highest BCUT2D eigenvalue weighted by Gasteiger charge is 2.16. The summed E-state index contributed by atoms with van der Waals surface area (Å²) >= 11 is 3.32. The second-order valence-electron chi connectivity index (χ2n) is 5.24. The van der Waals surface area contributed by atoms with Crippen molar-refractivity contribution in [2.75, 3.05) is 5.32 Å². The number of hydrogen-bond donors (Lipinski definition) is 1. The van der Waals surface area contributed by atoms with Crippen molar-refractivity contribution < 1.29 is 4.79 Å². The van der Waals surface area contributed by atoms with Gasteiger partial charge in [-0.05, 0) is 34.0 Å². The van der Waals surface area contributed by atoms with Gasteiger partial charge >= 0.3 is 0 Å². The van der Waals surface area contributed by atoms with Crippen LogP contribution in [0, 0.1) is 6.92 Å². The van der Waals surface area contributed by atoms with Crippen molar-refractivity contribution in [1.29, 1.82) is 0 Å². The molecule has 0 unspecified atom stereocenters. The standard InChI is InChI=1S/C16H16BrN5O/c1-11-5-3-4-6-12(11)10-22-8-7-14(20-22)19-16(23)15-13(17)9-18-21(15)2/h3-9H,10H2,1-2H3,(H,19,20,23). The van der Waals surface area contributed by atoms with E-state index in [1.54, 1.807) is 24.0 Å². The number of hydrogen-bond acceptors (Lipinski definition) is 3. The summed E-state index contributed by atoms with van der Waals surface area (Å²) in [5.41, 5.74) is 2.87. The summed E-state index contributed by atoms with van der Waals surface area (Å²) in [5, 5.41) is 11.2. The monoisotopic (exact) mass is 373 g/mol. The Labute approximate surface area is 142 Å². The van der Waals surface area contributed by atoms with Gasteiger partial charge in [0.15, 0.2) is 5.82 Å². The Morgan fingerprint density at radius 1 is 1.30 bits per heavy atom. The zero-order valence-electron chi connectivity index (χ0n) is 12.8. The first-order chi connectivity index (χ1) is 11.0. The molecule has 2 aromatic heterocycles. The Bertz CT molecular complexity index is 832. The number of aromatic nitrogens is 4. The molecule has 0 spiro atoms. The first-order valence-electron chi connectivity index (χ1n) is 7.11. The molecule has 3 rings (SSSR count). The Hall–Kier alpha value is -2.41. The highest BCUT2D eigenvalue weighted by molar-refractivity contribution is 9.10. The van der Waals surface area contributed by atoms with Gasteiger partial charge in [-0.3, -0.25) is 14.2 Å². The number of nitrogens with one attached hydrogen (secondary N) is 1. The van der Waals surface area contributed by atoms with E-state index in [4.69, 9.17) is 0 Å². The molecule has 118 valence electrons. The first-order valence-corrected chi connectivity index (χ1v) is 7.90. The highest BCUT2D eigenvalue weighted by atomic mass is 79.9. The van der Waals surface area contributed by atoms with E-state index in [2.05, 4.69) is 50.5 Å². The van der Waals surface area contributed by atoms with Crippen LogP contribution in [0.3, 0.4) is 0 Å². The van der Waals surface area contributed by atoms with Gasteiger partial charge in [-0.2, -0.15) is 10.2 Å². The highest BCUT2D eigenvalue weighted by Crippen LogP contribution is 2.17. The number of carbonyl (C=O) groups is 1. The van der Waals surface area contributed by atoms with Crippen LogP contribution < -0.4 is 5.32 Å². The van der Waals surface area contributed by atoms with Crippen molar-refractivity contribution in [3.8, 4) is 0 Å². The fraction of sp³-hybridized carbons (Fsp3) is 0.188. The van der Waals surface area contributed by atoms with Gasteiger partial charge in [-0.15, -0.1) is 0 Å². The lowest BCUT2D eigenvalue weighted by Gasteiger charge is -2.06. The Kier molecular flexibility index (Phi) is 4.29. The quantitative estimate of drug-likeness (QED) is 0.764. The average molecular weight is 374 g/mol. The van der Waals surface area contributed by atoms with Crippen LogP contribution in [-0.4, -0.2) is 25.5 Å². The second-order valence-corrected chi connectivity index (χ2v) is 6.10. The first kappa shape index (κ1) is 15.5. The molecular weight excluding hydrogens is 358 g/mol. The van der Waals surface area contributed by atoms with Gasteiger partial charge in [-0.25, -0.2) is 0 Å². The third-order valence-corrected chi connectivity index (χ3v) is 4.17. The summed E-state index contributed by atoms with van der Waals surface area (Å²) < 4.78 is 3.97. The van der Waals surface area contributed by atoms with Gasteiger partial charge in [0, 0.05) is 19.3 Å². The van der Waals surface area contributed by atoms with E-state index in [0.29, 0.717) is 22.5 Å². The number of benzene rings is 1. The molecule has 0 aliphatic heterocycles. The largest absolute Gasteiger partial charge is 0.304 e. The maximum atomic E-state index is 12.3. The maximum absolute atomic E-state index is 12.3. The van der Waals surface area contributed by atoms with Crippen LogP contribution in [0.25, 0.3) is 0 Å². The van der Waals surface area contributed by atoms with Crippen LogP contribution in [0.4, 0.5) is 5.82 Å². The minimum Gasteiger partial charge on any atom is -0.304 e. The molecule has 0 bridgehead atoms. The number of amides is 1. The molecule has 0 fully saturated rings. The summed E-state index contributed by atoms with van der Waals surface area (Å²) in [6, 6.07) is 9.94. The molecule has 1 amide bonds. The molecule has 6 nitrogen and oxygen atoms in total. The van der Waals surface area contributed by atoms with Crippen molar-refractivity contribution >= 4 is 27.7 Å². The third kappa shape index (κ3) is 3.34. The van der Waals surface area contributed by atoms with E-state index in [9.17, 15) is 4.79 Å². The predicted molar refractivity (Wildman–Crippen MR) is 91.4 cm³/mol. The molecule has 0 saturated carbocycles. The van der Waals surface area contributed by atoms with Crippen molar-refractivity contribution in [3.63, 3.8) is 0 Å². The smallest absolute Gasteiger partial charge is 0.276 e. The zero-order valence-corrected chi connectivity index (χ0v) is 14.4. The predicted octanol–water partition coefficient (Wildman–Crippen LogP) is 2.99. The van der Waals surface area contributed by atoms with E-state index in [1.165, 1.54) is 15.8 Å². The number of carbonyl (C=O) groups excluding carboxylic acids is 1. The fourth-order valence-corrected chi connectivity index (χ4v) is 2.85. The van der Waals surface area contributed by atoms with E-state index in [1.807, 2.05) is 18.3 Å². The number of anilines is 1. The van der Waals surface area contributed by atoms with Crippen molar-refractivity contribution in [2.45, 2.75) is 13.5 Å². The number of aryl methyl sites for hydroxylation is 2. The van der Waals surface area contributed by atoms with Crippen molar-refractivity contribution in [1.82, 2.24) is 19.6 Å². The zero-order chi connectivity index (χ0) is 16.4. The van der Waals surface area contributed by atoms with E-state index >= 15 is 0 Å². The van der Waals surface area contributed by atoms with Crippen LogP contribution in [0.5, 0.6) is 0 Å². The molecule has 23 heavy (non-hydrogen) atoms. The summed E-state index contributed by atoms with van der Waals surface area (Å²) in [4.78, 5) is 12.3. The Balaban J connectivity index is 1.73. The summed E-state index contributed by atoms with van der Waals surface area (Å²) in [5.74, 6) is 0.259. The molecule has 2 heterocycles. The Morgan fingerprint density at radius 3 is 2.78 bits per heavy atom. The SMILES string of the molecule is Cc1ccccc1Cn1ccc(NC(=O)c2c(Br)cnn2C)n1. The Morgan fingerprint density at radius 2 is 2.09 bits per heavy atom. The lowest BCUT2D eigenvalue weighted by atomic mass is 10.1. The van der Waals surface area contributed by atoms with Crippen LogP contribution in [0.15, 0.2) is 47.2 Å². The van der Waals surface area contributed by atoms with E-state index in [-0.39, 0.29) is 5.91 Å². The lowest BCUT2D eigenvalue weighted by Crippen LogP contribution is -2.17. The van der Waals surface area contributed by atoms with Crippen molar-refractivity contribution in [2.24, 2.45) is 7.05 Å². The van der Waals surface area contributed by atoms with Crippen LogP contribution in [0.2, 0.25) is 0 Å². The molecule has 0 saturated heterocycles. The molecule has 0 radical (unpaired) electrons. The van der Waals surface area contributed by atoms with Gasteiger partial charge in [0.05, 0.1) is 17.2 Å².